The summed E-state index contributed by atoms with van der Waals surface area (Å²) in [5.41, 5.74) is 15.3. The van der Waals surface area contributed by atoms with Crippen molar-refractivity contribution < 1.29 is 4.42 Å². The molecule has 10 aromatic rings. The number of furan rings is 1. The van der Waals surface area contributed by atoms with E-state index < -0.39 is 0 Å². The van der Waals surface area contributed by atoms with Gasteiger partial charge in [-0.1, -0.05) is 153 Å². The van der Waals surface area contributed by atoms with E-state index in [2.05, 4.69) is 207 Å². The quantitative estimate of drug-likeness (QED) is 0.177. The molecule has 1 heterocycles. The Morgan fingerprint density at radius 2 is 1.07 bits per heavy atom. The summed E-state index contributed by atoms with van der Waals surface area (Å²) in [6.07, 6.45) is 0. The van der Waals surface area contributed by atoms with Crippen molar-refractivity contribution in [3.05, 3.63) is 199 Å². The molecule has 0 saturated heterocycles. The second kappa shape index (κ2) is 12.1. The van der Waals surface area contributed by atoms with Gasteiger partial charge < -0.3 is 9.32 Å². The van der Waals surface area contributed by atoms with Crippen LogP contribution in [0.4, 0.5) is 17.1 Å². The van der Waals surface area contributed by atoms with Crippen molar-refractivity contribution in [1.29, 1.82) is 0 Å². The molecule has 0 radical (unpaired) electrons. The predicted molar refractivity (Wildman–Crippen MR) is 232 cm³/mol. The number of fused-ring (bicyclic) bond motifs is 9. The highest BCUT2D eigenvalue weighted by Crippen LogP contribution is 2.50. The Morgan fingerprint density at radius 1 is 0.400 bits per heavy atom. The lowest BCUT2D eigenvalue weighted by Gasteiger charge is -2.28. The summed E-state index contributed by atoms with van der Waals surface area (Å²) < 4.78 is 6.61. The predicted octanol–water partition coefficient (Wildman–Crippen LogP) is 15.0. The van der Waals surface area contributed by atoms with Crippen molar-refractivity contribution in [3.8, 4) is 33.4 Å². The molecule has 9 aromatic carbocycles. The number of anilines is 3. The lowest BCUT2D eigenvalue weighted by atomic mass is 9.81. The molecule has 260 valence electrons. The van der Waals surface area contributed by atoms with Crippen LogP contribution >= 0.6 is 0 Å². The monoisotopic (exact) mass is 703 g/mol. The second-order valence-corrected chi connectivity index (χ2v) is 15.3. The molecule has 1 aliphatic carbocycles. The van der Waals surface area contributed by atoms with E-state index in [9.17, 15) is 0 Å². The Balaban J connectivity index is 1.07. The van der Waals surface area contributed by atoms with E-state index in [0.29, 0.717) is 0 Å². The van der Waals surface area contributed by atoms with Gasteiger partial charge in [0.15, 0.2) is 0 Å². The van der Waals surface area contributed by atoms with Gasteiger partial charge in [0, 0.05) is 39.0 Å². The minimum atomic E-state index is -0.0484. The maximum atomic E-state index is 6.61. The van der Waals surface area contributed by atoms with Gasteiger partial charge in [-0.15, -0.1) is 0 Å². The smallest absolute Gasteiger partial charge is 0.137 e. The molecule has 0 fully saturated rings. The lowest BCUT2D eigenvalue weighted by molar-refractivity contribution is 0.660. The molecule has 55 heavy (non-hydrogen) atoms. The topological polar surface area (TPSA) is 16.4 Å². The normalized spacial score (nSPS) is 13.1. The lowest BCUT2D eigenvalue weighted by Crippen LogP contribution is -2.14. The van der Waals surface area contributed by atoms with Gasteiger partial charge >= 0.3 is 0 Å². The first kappa shape index (κ1) is 31.6. The molecule has 0 bridgehead atoms. The van der Waals surface area contributed by atoms with Crippen molar-refractivity contribution in [2.45, 2.75) is 19.3 Å². The average Bonchev–Trinajstić information content (AvgIpc) is 3.73. The van der Waals surface area contributed by atoms with Gasteiger partial charge in [0.1, 0.15) is 11.2 Å². The second-order valence-electron chi connectivity index (χ2n) is 15.3. The SMILES string of the molecule is CC1(C)c2ccccc2-c2ccc(-c3ccc(N(c4ccc5c(c4)oc4ccc6ccccc6c45)c4ccc(-c5ccccc5)c5ccccc45)cc3)cc21. The van der Waals surface area contributed by atoms with Gasteiger partial charge in [-0.05, 0) is 103 Å². The molecule has 11 rings (SSSR count). The Bertz CT molecular complexity index is 3110. The molecule has 2 nitrogen and oxygen atoms in total. The van der Waals surface area contributed by atoms with Crippen LogP contribution in [0.2, 0.25) is 0 Å². The fraction of sp³-hybridized carbons (Fsp3) is 0.0566. The van der Waals surface area contributed by atoms with Gasteiger partial charge in [0.25, 0.3) is 0 Å². The van der Waals surface area contributed by atoms with E-state index in [0.717, 1.165) is 39.0 Å². The van der Waals surface area contributed by atoms with Crippen molar-refractivity contribution >= 4 is 60.5 Å². The summed E-state index contributed by atoms with van der Waals surface area (Å²) in [5, 5.41) is 7.10. The van der Waals surface area contributed by atoms with Crippen molar-refractivity contribution in [1.82, 2.24) is 0 Å². The van der Waals surface area contributed by atoms with Crippen LogP contribution in [0.15, 0.2) is 192 Å². The zero-order chi connectivity index (χ0) is 36.7. The number of rotatable bonds is 5. The van der Waals surface area contributed by atoms with Gasteiger partial charge in [-0.3, -0.25) is 0 Å². The van der Waals surface area contributed by atoms with Gasteiger partial charge in [-0.2, -0.15) is 0 Å². The first-order valence-corrected chi connectivity index (χ1v) is 19.1. The van der Waals surface area contributed by atoms with E-state index in [1.165, 1.54) is 66.1 Å². The summed E-state index contributed by atoms with van der Waals surface area (Å²) >= 11 is 0. The number of benzene rings is 9. The highest BCUT2D eigenvalue weighted by atomic mass is 16.3. The molecular formula is C53H37NO. The third-order valence-corrected chi connectivity index (χ3v) is 11.9. The number of hydrogen-bond acceptors (Lipinski definition) is 2. The zero-order valence-electron chi connectivity index (χ0n) is 30.8. The van der Waals surface area contributed by atoms with Crippen LogP contribution in [-0.4, -0.2) is 0 Å². The Kier molecular flexibility index (Phi) is 6.93. The van der Waals surface area contributed by atoms with Crippen LogP contribution in [0, 0.1) is 0 Å². The molecule has 0 amide bonds. The molecule has 0 N–H and O–H groups in total. The van der Waals surface area contributed by atoms with Crippen molar-refractivity contribution in [3.63, 3.8) is 0 Å². The molecule has 2 heteroatoms. The fourth-order valence-corrected chi connectivity index (χ4v) is 9.14. The van der Waals surface area contributed by atoms with Crippen LogP contribution in [0.1, 0.15) is 25.0 Å². The molecule has 0 unspecified atom stereocenters. The van der Waals surface area contributed by atoms with E-state index in [1.54, 1.807) is 0 Å². The first-order valence-electron chi connectivity index (χ1n) is 19.1. The third kappa shape index (κ3) is 4.88. The number of hydrogen-bond donors (Lipinski definition) is 0. The van der Waals surface area contributed by atoms with Crippen LogP contribution in [0.25, 0.3) is 76.9 Å². The van der Waals surface area contributed by atoms with Crippen molar-refractivity contribution in [2.24, 2.45) is 0 Å². The molecule has 1 aromatic heterocycles. The van der Waals surface area contributed by atoms with E-state index in [1.807, 2.05) is 0 Å². The Morgan fingerprint density at radius 3 is 1.93 bits per heavy atom. The minimum Gasteiger partial charge on any atom is -0.456 e. The summed E-state index contributed by atoms with van der Waals surface area (Å²) in [6.45, 7) is 4.69. The first-order chi connectivity index (χ1) is 27.0. The molecule has 0 aliphatic heterocycles. The third-order valence-electron chi connectivity index (χ3n) is 11.9. The van der Waals surface area contributed by atoms with Crippen LogP contribution in [-0.2, 0) is 5.41 Å². The van der Waals surface area contributed by atoms with E-state index in [-0.39, 0.29) is 5.41 Å². The van der Waals surface area contributed by atoms with E-state index in [4.69, 9.17) is 4.42 Å². The standard InChI is InChI=1S/C53H37NO/c1-53(2)47-19-11-10-17-43(47)44-27-22-37(32-48(44)53)34-20-24-38(25-21-34)54(49-30-29-40(35-12-4-3-5-13-35)42-16-8-9-18-45(42)49)39-26-28-46-51(33-39)55-50-31-23-36-14-6-7-15-41(36)52(46)50/h3-33H,1-2H3. The molecular weight excluding hydrogens is 667 g/mol. The summed E-state index contributed by atoms with van der Waals surface area (Å²) in [6, 6.07) is 68.4. The van der Waals surface area contributed by atoms with Crippen LogP contribution in [0.5, 0.6) is 0 Å². The maximum absolute atomic E-state index is 6.61. The van der Waals surface area contributed by atoms with Crippen LogP contribution < -0.4 is 4.90 Å². The number of nitrogens with zero attached hydrogens (tertiary/aromatic N) is 1. The summed E-state index contributed by atoms with van der Waals surface area (Å²) in [4.78, 5) is 2.38. The molecule has 1 aliphatic rings. The van der Waals surface area contributed by atoms with Crippen molar-refractivity contribution in [2.75, 3.05) is 4.90 Å². The average molecular weight is 704 g/mol. The summed E-state index contributed by atoms with van der Waals surface area (Å²) in [5.74, 6) is 0. The molecule has 0 spiro atoms. The largest absolute Gasteiger partial charge is 0.456 e. The van der Waals surface area contributed by atoms with Gasteiger partial charge in [-0.25, -0.2) is 0 Å². The fourth-order valence-electron chi connectivity index (χ4n) is 9.14. The van der Waals surface area contributed by atoms with Gasteiger partial charge in [0.2, 0.25) is 0 Å². The highest BCUT2D eigenvalue weighted by Gasteiger charge is 2.35. The van der Waals surface area contributed by atoms with Crippen LogP contribution in [0.3, 0.4) is 0 Å². The summed E-state index contributed by atoms with van der Waals surface area (Å²) in [7, 11) is 0. The van der Waals surface area contributed by atoms with Gasteiger partial charge in [0.05, 0.1) is 5.69 Å². The Labute approximate surface area is 320 Å². The molecule has 0 saturated carbocycles. The zero-order valence-corrected chi connectivity index (χ0v) is 30.8. The minimum absolute atomic E-state index is 0.0484. The maximum Gasteiger partial charge on any atom is 0.137 e. The molecule has 0 atom stereocenters. The highest BCUT2D eigenvalue weighted by molar-refractivity contribution is 6.19. The van der Waals surface area contributed by atoms with E-state index >= 15 is 0 Å². The Hall–Kier alpha value is -6.90.